The first-order chi connectivity index (χ1) is 12.0. The predicted octanol–water partition coefficient (Wildman–Crippen LogP) is 2.09. The minimum Gasteiger partial charge on any atom is -0.332 e. The van der Waals surface area contributed by atoms with Gasteiger partial charge in [0, 0.05) is 13.6 Å². The zero-order chi connectivity index (χ0) is 18.0. The largest absolute Gasteiger partial charge is 0.332 e. The van der Waals surface area contributed by atoms with E-state index in [1.165, 1.54) is 15.9 Å². The van der Waals surface area contributed by atoms with Crippen molar-refractivity contribution in [3.05, 3.63) is 66.0 Å². The van der Waals surface area contributed by atoms with Gasteiger partial charge >= 0.3 is 0 Å². The van der Waals surface area contributed by atoms with E-state index in [9.17, 15) is 14.0 Å². The van der Waals surface area contributed by atoms with Crippen LogP contribution < -0.4 is 10.6 Å². The number of anilines is 1. The van der Waals surface area contributed by atoms with Crippen LogP contribution in [0.25, 0.3) is 0 Å². The first-order valence-corrected chi connectivity index (χ1v) is 8.14. The van der Waals surface area contributed by atoms with Gasteiger partial charge in [0.25, 0.3) is 0 Å². The molecular weight excluding hydrogens is 321 g/mol. The summed E-state index contributed by atoms with van der Waals surface area (Å²) >= 11 is 0. The Hall–Kier alpha value is -2.73. The summed E-state index contributed by atoms with van der Waals surface area (Å²) in [5.74, 6) is -1.08. The number of hydrogen-bond acceptors (Lipinski definition) is 3. The smallest absolute Gasteiger partial charge is 0.249 e. The van der Waals surface area contributed by atoms with Gasteiger partial charge in [0.05, 0.1) is 5.69 Å². The summed E-state index contributed by atoms with van der Waals surface area (Å²) in [5.41, 5.74) is 6.98. The Labute approximate surface area is 145 Å². The van der Waals surface area contributed by atoms with Crippen molar-refractivity contribution in [2.75, 3.05) is 18.5 Å². The molecule has 1 aliphatic heterocycles. The van der Waals surface area contributed by atoms with E-state index in [0.29, 0.717) is 18.5 Å². The van der Waals surface area contributed by atoms with Gasteiger partial charge in [0.15, 0.2) is 0 Å². The van der Waals surface area contributed by atoms with E-state index in [4.69, 9.17) is 5.73 Å². The predicted molar refractivity (Wildman–Crippen MR) is 93.3 cm³/mol. The fourth-order valence-electron chi connectivity index (χ4n) is 3.11. The van der Waals surface area contributed by atoms with E-state index >= 15 is 0 Å². The minimum atomic E-state index is -0.832. The molecule has 5 nitrogen and oxygen atoms in total. The number of nitrogens with two attached hydrogens (primary N) is 1. The molecule has 3 rings (SSSR count). The molecule has 6 heteroatoms. The lowest BCUT2D eigenvalue weighted by atomic mass is 10.1. The van der Waals surface area contributed by atoms with Crippen molar-refractivity contribution in [3.63, 3.8) is 0 Å². The molecule has 0 aromatic heterocycles. The number of para-hydroxylation sites is 1. The van der Waals surface area contributed by atoms with Crippen LogP contribution in [0.2, 0.25) is 0 Å². The Morgan fingerprint density at radius 3 is 2.52 bits per heavy atom. The fraction of sp³-hybridized carbons (Fsp3) is 0.263. The lowest BCUT2D eigenvalue weighted by Crippen LogP contribution is -2.46. The maximum absolute atomic E-state index is 14.0. The Morgan fingerprint density at radius 1 is 1.20 bits per heavy atom. The number of likely N-dealkylation sites (N-methyl/N-ethyl adjacent to an activating group) is 1. The van der Waals surface area contributed by atoms with Gasteiger partial charge in [-0.3, -0.25) is 9.59 Å². The topological polar surface area (TPSA) is 66.6 Å². The monoisotopic (exact) mass is 341 g/mol. The first kappa shape index (κ1) is 17.1. The Kier molecular flexibility index (Phi) is 4.81. The summed E-state index contributed by atoms with van der Waals surface area (Å²) in [6.45, 7) is 0.364. The van der Waals surface area contributed by atoms with Crippen molar-refractivity contribution < 1.29 is 14.0 Å². The molecule has 2 unspecified atom stereocenters. The summed E-state index contributed by atoms with van der Waals surface area (Å²) in [4.78, 5) is 28.1. The van der Waals surface area contributed by atoms with Crippen LogP contribution in [0.5, 0.6) is 0 Å². The van der Waals surface area contributed by atoms with Gasteiger partial charge in [0.2, 0.25) is 11.8 Å². The molecule has 2 N–H and O–H groups in total. The van der Waals surface area contributed by atoms with E-state index in [-0.39, 0.29) is 17.5 Å². The van der Waals surface area contributed by atoms with Gasteiger partial charge in [0.1, 0.15) is 17.9 Å². The summed E-state index contributed by atoms with van der Waals surface area (Å²) in [5, 5.41) is 0. The summed E-state index contributed by atoms with van der Waals surface area (Å²) in [6.07, 6.45) is 0.441. The second-order valence-electron chi connectivity index (χ2n) is 6.08. The van der Waals surface area contributed by atoms with Crippen LogP contribution in [0.3, 0.4) is 0 Å². The second kappa shape index (κ2) is 7.03. The van der Waals surface area contributed by atoms with Gasteiger partial charge in [-0.25, -0.2) is 4.39 Å². The SMILES string of the molecule is CN(C(=O)C(N)c1ccccc1)C1CCN(c2ccccc2F)C1=O. The van der Waals surface area contributed by atoms with Crippen LogP contribution >= 0.6 is 0 Å². The number of carbonyl (C=O) groups excluding carboxylic acids is 2. The van der Waals surface area contributed by atoms with Crippen molar-refractivity contribution in [2.24, 2.45) is 5.73 Å². The van der Waals surface area contributed by atoms with Crippen molar-refractivity contribution in [3.8, 4) is 0 Å². The van der Waals surface area contributed by atoms with Gasteiger partial charge < -0.3 is 15.5 Å². The fourth-order valence-corrected chi connectivity index (χ4v) is 3.11. The maximum Gasteiger partial charge on any atom is 0.249 e. The molecule has 2 aromatic rings. The molecule has 25 heavy (non-hydrogen) atoms. The van der Waals surface area contributed by atoms with E-state index in [1.807, 2.05) is 18.2 Å². The van der Waals surface area contributed by atoms with E-state index in [2.05, 4.69) is 0 Å². The van der Waals surface area contributed by atoms with Crippen molar-refractivity contribution >= 4 is 17.5 Å². The highest BCUT2D eigenvalue weighted by molar-refractivity contribution is 6.01. The average Bonchev–Trinajstić information content (AvgIpc) is 3.02. The molecule has 0 radical (unpaired) electrons. The zero-order valence-electron chi connectivity index (χ0n) is 13.9. The summed E-state index contributed by atoms with van der Waals surface area (Å²) < 4.78 is 14.0. The third-order valence-electron chi connectivity index (χ3n) is 4.56. The number of hydrogen-bond donors (Lipinski definition) is 1. The Morgan fingerprint density at radius 2 is 1.84 bits per heavy atom. The highest BCUT2D eigenvalue weighted by Crippen LogP contribution is 2.27. The van der Waals surface area contributed by atoms with Crippen molar-refractivity contribution in [1.29, 1.82) is 0 Å². The molecule has 2 atom stereocenters. The second-order valence-corrected chi connectivity index (χ2v) is 6.08. The van der Waals surface area contributed by atoms with Crippen LogP contribution in [0.4, 0.5) is 10.1 Å². The highest BCUT2D eigenvalue weighted by Gasteiger charge is 2.39. The molecule has 2 amide bonds. The molecule has 0 spiro atoms. The third-order valence-corrected chi connectivity index (χ3v) is 4.56. The molecule has 1 saturated heterocycles. The van der Waals surface area contributed by atoms with Gasteiger partial charge in [-0.2, -0.15) is 0 Å². The number of nitrogens with zero attached hydrogens (tertiary/aromatic N) is 2. The van der Waals surface area contributed by atoms with Gasteiger partial charge in [-0.1, -0.05) is 42.5 Å². The number of rotatable bonds is 4. The zero-order valence-corrected chi connectivity index (χ0v) is 13.9. The summed E-state index contributed by atoms with van der Waals surface area (Å²) in [7, 11) is 1.57. The third kappa shape index (κ3) is 3.25. The number of amides is 2. The maximum atomic E-state index is 14.0. The standard InChI is InChI=1S/C19H20FN3O2/c1-22(19(25)17(21)13-7-3-2-4-8-13)16-11-12-23(18(16)24)15-10-6-5-9-14(15)20/h2-10,16-17H,11-12,21H2,1H3. The normalized spacial score (nSPS) is 18.3. The molecule has 0 aliphatic carbocycles. The van der Waals surface area contributed by atoms with Crippen molar-refractivity contribution in [1.82, 2.24) is 4.90 Å². The lowest BCUT2D eigenvalue weighted by Gasteiger charge is -2.26. The summed E-state index contributed by atoms with van der Waals surface area (Å²) in [6, 6.07) is 13.7. The quantitative estimate of drug-likeness (QED) is 0.926. The van der Waals surface area contributed by atoms with Crippen LogP contribution in [-0.2, 0) is 9.59 Å². The van der Waals surface area contributed by atoms with Crippen LogP contribution in [-0.4, -0.2) is 36.3 Å². The van der Waals surface area contributed by atoms with E-state index in [0.717, 1.165) is 0 Å². The average molecular weight is 341 g/mol. The van der Waals surface area contributed by atoms with Crippen LogP contribution in [0.1, 0.15) is 18.0 Å². The van der Waals surface area contributed by atoms with Crippen molar-refractivity contribution in [2.45, 2.75) is 18.5 Å². The lowest BCUT2D eigenvalue weighted by molar-refractivity contribution is -0.137. The molecule has 1 aliphatic rings. The van der Waals surface area contributed by atoms with Gasteiger partial charge in [-0.05, 0) is 24.1 Å². The van der Waals surface area contributed by atoms with Crippen LogP contribution in [0, 0.1) is 5.82 Å². The van der Waals surface area contributed by atoms with Gasteiger partial charge in [-0.15, -0.1) is 0 Å². The molecule has 0 saturated carbocycles. The molecule has 1 heterocycles. The highest BCUT2D eigenvalue weighted by atomic mass is 19.1. The van der Waals surface area contributed by atoms with E-state index in [1.54, 1.807) is 37.4 Å². The number of halogens is 1. The van der Waals surface area contributed by atoms with Crippen LogP contribution in [0.15, 0.2) is 54.6 Å². The molecule has 130 valence electrons. The first-order valence-electron chi connectivity index (χ1n) is 8.14. The number of carbonyl (C=O) groups is 2. The number of benzene rings is 2. The Balaban J connectivity index is 1.75. The van der Waals surface area contributed by atoms with E-state index < -0.39 is 17.9 Å². The molecule has 2 aromatic carbocycles. The molecule has 1 fully saturated rings. The molecule has 0 bridgehead atoms. The minimum absolute atomic E-state index is 0.239. The Bertz CT molecular complexity index is 781. The molecular formula is C19H20FN3O2.